The number of amides is 1. The Morgan fingerprint density at radius 1 is 1.46 bits per heavy atom. The maximum absolute atomic E-state index is 12.2. The Kier molecular flexibility index (Phi) is 6.70. The van der Waals surface area contributed by atoms with Gasteiger partial charge in [0.25, 0.3) is 5.91 Å². The number of hydrogen-bond acceptors (Lipinski definition) is 5. The largest absolute Gasteiger partial charge is 0.493 e. The molecule has 0 bridgehead atoms. The number of nitrogens with zero attached hydrogens (tertiary/aromatic N) is 1. The van der Waals surface area contributed by atoms with E-state index >= 15 is 0 Å². The quantitative estimate of drug-likeness (QED) is 0.585. The fourth-order valence-electron chi connectivity index (χ4n) is 2.16. The van der Waals surface area contributed by atoms with Crippen LogP contribution in [0, 0.1) is 11.3 Å². The molecule has 0 fully saturated rings. The summed E-state index contributed by atoms with van der Waals surface area (Å²) in [6, 6.07) is 8.60. The average Bonchev–Trinajstić information content (AvgIpc) is 3.12. The summed E-state index contributed by atoms with van der Waals surface area (Å²) in [5, 5.41) is 12.2. The number of carbonyl (C=O) groups excluding carboxylic acids is 1. The van der Waals surface area contributed by atoms with Crippen LogP contribution >= 0.6 is 11.6 Å². The molecule has 0 aliphatic carbocycles. The van der Waals surface area contributed by atoms with E-state index in [4.69, 9.17) is 25.5 Å². The van der Waals surface area contributed by atoms with Crippen LogP contribution in [0.4, 0.5) is 0 Å². The SMILES string of the molecule is COc1cc(/C=C(\C#N)C(=O)NCc2ccco2)cc(Cl)c1OC(C)C. The lowest BCUT2D eigenvalue weighted by atomic mass is 10.1. The van der Waals surface area contributed by atoms with Gasteiger partial charge in [-0.15, -0.1) is 0 Å². The number of ether oxygens (including phenoxy) is 2. The molecule has 0 saturated carbocycles. The molecule has 6 nitrogen and oxygen atoms in total. The van der Waals surface area contributed by atoms with Crippen molar-refractivity contribution < 1.29 is 18.7 Å². The lowest BCUT2D eigenvalue weighted by molar-refractivity contribution is -0.117. The van der Waals surface area contributed by atoms with Crippen molar-refractivity contribution in [3.63, 3.8) is 0 Å². The third kappa shape index (κ3) is 5.04. The first-order valence-corrected chi connectivity index (χ1v) is 8.29. The highest BCUT2D eigenvalue weighted by Gasteiger charge is 2.15. The molecular formula is C19H19ClN2O4. The zero-order chi connectivity index (χ0) is 19.1. The van der Waals surface area contributed by atoms with Crippen molar-refractivity contribution in [3.05, 3.63) is 52.4 Å². The number of carbonyl (C=O) groups is 1. The van der Waals surface area contributed by atoms with Gasteiger partial charge in [0.15, 0.2) is 11.5 Å². The van der Waals surface area contributed by atoms with E-state index in [0.29, 0.717) is 27.8 Å². The van der Waals surface area contributed by atoms with Crippen LogP contribution < -0.4 is 14.8 Å². The molecule has 0 atom stereocenters. The van der Waals surface area contributed by atoms with Gasteiger partial charge in [0, 0.05) is 0 Å². The van der Waals surface area contributed by atoms with Gasteiger partial charge in [-0.05, 0) is 49.8 Å². The molecule has 1 N–H and O–H groups in total. The lowest BCUT2D eigenvalue weighted by Gasteiger charge is -2.15. The van der Waals surface area contributed by atoms with E-state index < -0.39 is 5.91 Å². The molecule has 0 saturated heterocycles. The third-order valence-corrected chi connectivity index (χ3v) is 3.57. The molecule has 2 aromatic rings. The fourth-order valence-corrected chi connectivity index (χ4v) is 2.43. The predicted octanol–water partition coefficient (Wildman–Crippen LogP) is 3.95. The fraction of sp³-hybridized carbons (Fsp3) is 0.263. The second-order valence-electron chi connectivity index (χ2n) is 5.63. The molecule has 2 rings (SSSR count). The molecule has 1 amide bonds. The summed E-state index contributed by atoms with van der Waals surface area (Å²) < 4.78 is 16.1. The van der Waals surface area contributed by atoms with Crippen LogP contribution in [-0.2, 0) is 11.3 Å². The Balaban J connectivity index is 2.23. The Hall–Kier alpha value is -2.91. The smallest absolute Gasteiger partial charge is 0.262 e. The van der Waals surface area contributed by atoms with Crippen LogP contribution in [-0.4, -0.2) is 19.1 Å². The van der Waals surface area contributed by atoms with Gasteiger partial charge in [0.2, 0.25) is 0 Å². The van der Waals surface area contributed by atoms with Crippen LogP contribution in [0.1, 0.15) is 25.2 Å². The Labute approximate surface area is 157 Å². The third-order valence-electron chi connectivity index (χ3n) is 3.28. The summed E-state index contributed by atoms with van der Waals surface area (Å²) in [5.41, 5.74) is 0.486. The molecule has 0 aliphatic heterocycles. The number of hydrogen-bond donors (Lipinski definition) is 1. The van der Waals surface area contributed by atoms with Crippen LogP contribution in [0.5, 0.6) is 11.5 Å². The summed E-state index contributed by atoms with van der Waals surface area (Å²) in [6.45, 7) is 3.94. The zero-order valence-corrected chi connectivity index (χ0v) is 15.5. The van der Waals surface area contributed by atoms with E-state index in [-0.39, 0.29) is 18.2 Å². The Morgan fingerprint density at radius 2 is 2.23 bits per heavy atom. The van der Waals surface area contributed by atoms with Crippen molar-refractivity contribution in [1.82, 2.24) is 5.32 Å². The van der Waals surface area contributed by atoms with Gasteiger partial charge in [-0.2, -0.15) is 5.26 Å². The minimum absolute atomic E-state index is 0.0628. The minimum atomic E-state index is -0.513. The molecule has 7 heteroatoms. The van der Waals surface area contributed by atoms with Gasteiger partial charge < -0.3 is 19.2 Å². The summed E-state index contributed by atoms with van der Waals surface area (Å²) in [5.74, 6) is 0.921. The van der Waals surface area contributed by atoms with E-state index in [1.807, 2.05) is 19.9 Å². The van der Waals surface area contributed by atoms with Gasteiger partial charge in [-0.1, -0.05) is 11.6 Å². The van der Waals surface area contributed by atoms with Gasteiger partial charge in [0.05, 0.1) is 31.0 Å². The van der Waals surface area contributed by atoms with Gasteiger partial charge in [-0.25, -0.2) is 0 Å². The maximum atomic E-state index is 12.2. The van der Waals surface area contributed by atoms with E-state index in [1.54, 1.807) is 24.3 Å². The number of methoxy groups -OCH3 is 1. The average molecular weight is 375 g/mol. The number of nitriles is 1. The number of furan rings is 1. The number of benzene rings is 1. The minimum Gasteiger partial charge on any atom is -0.493 e. The first-order valence-electron chi connectivity index (χ1n) is 7.91. The lowest BCUT2D eigenvalue weighted by Crippen LogP contribution is -2.23. The van der Waals surface area contributed by atoms with E-state index in [2.05, 4.69) is 5.32 Å². The van der Waals surface area contributed by atoms with Gasteiger partial charge >= 0.3 is 0 Å². The zero-order valence-electron chi connectivity index (χ0n) is 14.7. The van der Waals surface area contributed by atoms with Crippen molar-refractivity contribution >= 4 is 23.6 Å². The second-order valence-corrected chi connectivity index (χ2v) is 6.04. The first-order chi connectivity index (χ1) is 12.4. The molecule has 0 aliphatic rings. The van der Waals surface area contributed by atoms with Crippen molar-refractivity contribution in [1.29, 1.82) is 5.26 Å². The van der Waals surface area contributed by atoms with Gasteiger partial charge in [-0.3, -0.25) is 4.79 Å². The molecule has 1 aromatic carbocycles. The molecular weight excluding hydrogens is 356 g/mol. The van der Waals surface area contributed by atoms with Gasteiger partial charge in [0.1, 0.15) is 17.4 Å². The van der Waals surface area contributed by atoms with E-state index in [0.717, 1.165) is 0 Å². The molecule has 26 heavy (non-hydrogen) atoms. The maximum Gasteiger partial charge on any atom is 0.262 e. The standard InChI is InChI=1S/C19H19ClN2O4/c1-12(2)26-18-16(20)8-13(9-17(18)24-3)7-14(10-21)19(23)22-11-15-5-4-6-25-15/h4-9,12H,11H2,1-3H3,(H,22,23)/b14-7+. The number of nitrogens with one attached hydrogen (secondary N) is 1. The Morgan fingerprint density at radius 3 is 2.81 bits per heavy atom. The highest BCUT2D eigenvalue weighted by Crippen LogP contribution is 2.37. The predicted molar refractivity (Wildman–Crippen MR) is 97.9 cm³/mol. The highest BCUT2D eigenvalue weighted by atomic mass is 35.5. The molecule has 0 unspecified atom stereocenters. The van der Waals surface area contributed by atoms with E-state index in [9.17, 15) is 10.1 Å². The molecule has 1 heterocycles. The summed E-state index contributed by atoms with van der Waals surface area (Å²) >= 11 is 6.26. The Bertz CT molecular complexity index is 836. The second kappa shape index (κ2) is 8.97. The van der Waals surface area contributed by atoms with Crippen LogP contribution in [0.2, 0.25) is 5.02 Å². The normalized spacial score (nSPS) is 11.2. The number of halogens is 1. The first kappa shape index (κ1) is 19.4. The topological polar surface area (TPSA) is 84.5 Å². The number of rotatable bonds is 7. The molecule has 0 spiro atoms. The van der Waals surface area contributed by atoms with Crippen molar-refractivity contribution in [2.45, 2.75) is 26.5 Å². The van der Waals surface area contributed by atoms with Crippen molar-refractivity contribution in [3.8, 4) is 17.6 Å². The van der Waals surface area contributed by atoms with Crippen molar-refractivity contribution in [2.75, 3.05) is 7.11 Å². The molecule has 0 radical (unpaired) electrons. The molecule has 1 aromatic heterocycles. The van der Waals surface area contributed by atoms with Crippen LogP contribution in [0.25, 0.3) is 6.08 Å². The highest BCUT2D eigenvalue weighted by molar-refractivity contribution is 6.32. The van der Waals surface area contributed by atoms with Crippen LogP contribution in [0.3, 0.4) is 0 Å². The summed E-state index contributed by atoms with van der Waals surface area (Å²) in [7, 11) is 1.49. The summed E-state index contributed by atoms with van der Waals surface area (Å²) in [6.07, 6.45) is 2.87. The monoisotopic (exact) mass is 374 g/mol. The molecule has 136 valence electrons. The van der Waals surface area contributed by atoms with Crippen molar-refractivity contribution in [2.24, 2.45) is 0 Å². The van der Waals surface area contributed by atoms with E-state index in [1.165, 1.54) is 19.4 Å². The van der Waals surface area contributed by atoms with Crippen LogP contribution in [0.15, 0.2) is 40.5 Å². The summed E-state index contributed by atoms with van der Waals surface area (Å²) in [4.78, 5) is 12.2.